The van der Waals surface area contributed by atoms with Crippen LogP contribution in [0.25, 0.3) is 11.1 Å². The second-order valence-electron chi connectivity index (χ2n) is 5.54. The fourth-order valence-corrected chi connectivity index (χ4v) is 2.78. The summed E-state index contributed by atoms with van der Waals surface area (Å²) < 4.78 is 0. The van der Waals surface area contributed by atoms with Crippen molar-refractivity contribution in [3.63, 3.8) is 0 Å². The van der Waals surface area contributed by atoms with Crippen molar-refractivity contribution < 1.29 is 14.8 Å². The van der Waals surface area contributed by atoms with Gasteiger partial charge in [0, 0.05) is 24.7 Å². The fourth-order valence-electron chi connectivity index (χ4n) is 2.78. The minimum absolute atomic E-state index is 0.0161. The van der Waals surface area contributed by atoms with Gasteiger partial charge in [-0.25, -0.2) is 0 Å². The van der Waals surface area contributed by atoms with Gasteiger partial charge in [-0.05, 0) is 42.2 Å². The lowest BCUT2D eigenvalue weighted by Crippen LogP contribution is -2.27. The summed E-state index contributed by atoms with van der Waals surface area (Å²) in [6, 6.07) is 11.2. The minimum Gasteiger partial charge on any atom is -0.502 e. The predicted octanol–water partition coefficient (Wildman–Crippen LogP) is 3.20. The zero-order valence-electron chi connectivity index (χ0n) is 12.4. The van der Waals surface area contributed by atoms with Crippen LogP contribution >= 0.6 is 0 Å². The van der Waals surface area contributed by atoms with Crippen molar-refractivity contribution in [2.45, 2.75) is 12.8 Å². The van der Waals surface area contributed by atoms with Crippen molar-refractivity contribution in [2.24, 2.45) is 0 Å². The maximum Gasteiger partial charge on any atom is 0.311 e. The highest BCUT2D eigenvalue weighted by Crippen LogP contribution is 2.31. The van der Waals surface area contributed by atoms with Gasteiger partial charge < -0.3 is 10.0 Å². The average molecular weight is 312 g/mol. The highest BCUT2D eigenvalue weighted by molar-refractivity contribution is 5.95. The predicted molar refractivity (Wildman–Crippen MR) is 85.3 cm³/mol. The van der Waals surface area contributed by atoms with Gasteiger partial charge in [-0.3, -0.25) is 14.9 Å². The number of phenolic OH excluding ortho intramolecular Hbond substituents is 1. The summed E-state index contributed by atoms with van der Waals surface area (Å²) in [6.07, 6.45) is 2.05. The van der Waals surface area contributed by atoms with Crippen LogP contribution in [-0.2, 0) is 0 Å². The number of aromatic hydroxyl groups is 1. The molecule has 23 heavy (non-hydrogen) atoms. The molecule has 0 spiro atoms. The molecule has 1 aliphatic heterocycles. The summed E-state index contributed by atoms with van der Waals surface area (Å²) in [7, 11) is 0. The summed E-state index contributed by atoms with van der Waals surface area (Å²) in [6.45, 7) is 1.54. The van der Waals surface area contributed by atoms with Gasteiger partial charge in [0.1, 0.15) is 0 Å². The Kier molecular flexibility index (Phi) is 3.97. The van der Waals surface area contributed by atoms with E-state index < -0.39 is 4.92 Å². The SMILES string of the molecule is O=C(c1cccc(-c2ccc(O)c([N+](=O)[O-])c2)c1)N1CCCC1. The molecule has 118 valence electrons. The third-order valence-corrected chi connectivity index (χ3v) is 4.01. The Balaban J connectivity index is 1.95. The van der Waals surface area contributed by atoms with Crippen molar-refractivity contribution >= 4 is 11.6 Å². The van der Waals surface area contributed by atoms with Crippen molar-refractivity contribution in [3.05, 3.63) is 58.1 Å². The van der Waals surface area contributed by atoms with E-state index in [1.54, 1.807) is 30.3 Å². The van der Waals surface area contributed by atoms with Gasteiger partial charge in [-0.15, -0.1) is 0 Å². The summed E-state index contributed by atoms with van der Waals surface area (Å²) in [5.41, 5.74) is 1.52. The van der Waals surface area contributed by atoms with Gasteiger partial charge in [-0.1, -0.05) is 18.2 Å². The number of likely N-dealkylation sites (tertiary alicyclic amines) is 1. The molecular formula is C17H16N2O4. The minimum atomic E-state index is -0.627. The van der Waals surface area contributed by atoms with E-state index in [0.29, 0.717) is 16.7 Å². The van der Waals surface area contributed by atoms with Gasteiger partial charge in [0.2, 0.25) is 0 Å². The van der Waals surface area contributed by atoms with E-state index >= 15 is 0 Å². The van der Waals surface area contributed by atoms with Crippen molar-refractivity contribution in [3.8, 4) is 16.9 Å². The Bertz CT molecular complexity index is 767. The number of amides is 1. The number of phenols is 1. The molecule has 6 heteroatoms. The summed E-state index contributed by atoms with van der Waals surface area (Å²) in [4.78, 5) is 24.6. The molecule has 1 heterocycles. The van der Waals surface area contributed by atoms with Crippen LogP contribution in [0.4, 0.5) is 5.69 Å². The highest BCUT2D eigenvalue weighted by Gasteiger charge is 2.20. The van der Waals surface area contributed by atoms with Crippen LogP contribution in [0.3, 0.4) is 0 Å². The van der Waals surface area contributed by atoms with Crippen LogP contribution in [0, 0.1) is 10.1 Å². The third kappa shape index (κ3) is 3.01. The van der Waals surface area contributed by atoms with E-state index in [2.05, 4.69) is 0 Å². The van der Waals surface area contributed by atoms with E-state index in [9.17, 15) is 20.0 Å². The Morgan fingerprint density at radius 3 is 2.48 bits per heavy atom. The van der Waals surface area contributed by atoms with E-state index in [1.807, 2.05) is 4.90 Å². The van der Waals surface area contributed by atoms with Crippen molar-refractivity contribution in [1.29, 1.82) is 0 Å². The number of rotatable bonds is 3. The number of nitro groups is 1. The number of carbonyl (C=O) groups is 1. The summed E-state index contributed by atoms with van der Waals surface area (Å²) >= 11 is 0. The molecule has 0 bridgehead atoms. The lowest BCUT2D eigenvalue weighted by molar-refractivity contribution is -0.385. The van der Waals surface area contributed by atoms with E-state index in [4.69, 9.17) is 0 Å². The Labute approximate surface area is 133 Å². The van der Waals surface area contributed by atoms with Crippen LogP contribution in [-0.4, -0.2) is 33.9 Å². The number of carbonyl (C=O) groups excluding carboxylic acids is 1. The topological polar surface area (TPSA) is 83.7 Å². The molecule has 2 aromatic carbocycles. The molecule has 3 rings (SSSR count). The smallest absolute Gasteiger partial charge is 0.311 e. The van der Waals surface area contributed by atoms with E-state index in [0.717, 1.165) is 25.9 Å². The zero-order chi connectivity index (χ0) is 16.4. The molecule has 0 unspecified atom stereocenters. The van der Waals surface area contributed by atoms with Gasteiger partial charge >= 0.3 is 5.69 Å². The second kappa shape index (κ2) is 6.08. The first kappa shape index (κ1) is 15.0. The molecule has 1 fully saturated rings. The second-order valence-corrected chi connectivity index (χ2v) is 5.54. The van der Waals surface area contributed by atoms with Gasteiger partial charge in [0.25, 0.3) is 5.91 Å². The van der Waals surface area contributed by atoms with E-state index in [1.165, 1.54) is 12.1 Å². The fraction of sp³-hybridized carbons (Fsp3) is 0.235. The van der Waals surface area contributed by atoms with Gasteiger partial charge in [0.15, 0.2) is 5.75 Å². The molecular weight excluding hydrogens is 296 g/mol. The van der Waals surface area contributed by atoms with Crippen LogP contribution in [0.15, 0.2) is 42.5 Å². The van der Waals surface area contributed by atoms with E-state index in [-0.39, 0.29) is 17.3 Å². The van der Waals surface area contributed by atoms with Crippen molar-refractivity contribution in [2.75, 3.05) is 13.1 Å². The largest absolute Gasteiger partial charge is 0.502 e. The van der Waals surface area contributed by atoms with Gasteiger partial charge in [0.05, 0.1) is 4.92 Å². The molecule has 1 N–H and O–H groups in total. The summed E-state index contributed by atoms with van der Waals surface area (Å²) in [5, 5.41) is 20.5. The first-order valence-electron chi connectivity index (χ1n) is 7.43. The molecule has 0 radical (unpaired) electrons. The number of nitrogens with zero attached hydrogens (tertiary/aromatic N) is 2. The zero-order valence-corrected chi connectivity index (χ0v) is 12.4. The normalized spacial score (nSPS) is 14.0. The Morgan fingerprint density at radius 2 is 1.78 bits per heavy atom. The standard InChI is InChI=1S/C17H16N2O4/c20-16-7-6-13(11-15(16)19(22)23)12-4-3-5-14(10-12)17(21)18-8-1-2-9-18/h3-7,10-11,20H,1-2,8-9H2. The monoisotopic (exact) mass is 312 g/mol. The molecule has 6 nitrogen and oxygen atoms in total. The number of nitro benzene ring substituents is 1. The summed E-state index contributed by atoms with van der Waals surface area (Å²) in [5.74, 6) is -0.388. The molecule has 0 aromatic heterocycles. The first-order valence-corrected chi connectivity index (χ1v) is 7.43. The van der Waals surface area contributed by atoms with Crippen LogP contribution < -0.4 is 0 Å². The number of hydrogen-bond acceptors (Lipinski definition) is 4. The average Bonchev–Trinajstić information content (AvgIpc) is 3.09. The highest BCUT2D eigenvalue weighted by atomic mass is 16.6. The van der Waals surface area contributed by atoms with Crippen LogP contribution in [0.5, 0.6) is 5.75 Å². The molecule has 2 aromatic rings. The molecule has 0 atom stereocenters. The molecule has 1 saturated heterocycles. The Hall–Kier alpha value is -2.89. The maximum absolute atomic E-state index is 12.4. The maximum atomic E-state index is 12.4. The quantitative estimate of drug-likeness (QED) is 0.697. The Morgan fingerprint density at radius 1 is 1.09 bits per heavy atom. The van der Waals surface area contributed by atoms with Crippen LogP contribution in [0.2, 0.25) is 0 Å². The van der Waals surface area contributed by atoms with Crippen molar-refractivity contribution in [1.82, 2.24) is 4.90 Å². The number of benzene rings is 2. The molecule has 0 aliphatic carbocycles. The molecule has 1 aliphatic rings. The lowest BCUT2D eigenvalue weighted by atomic mass is 10.0. The molecule has 0 saturated carbocycles. The first-order chi connectivity index (χ1) is 11.1. The third-order valence-electron chi connectivity index (χ3n) is 4.01. The van der Waals surface area contributed by atoms with Gasteiger partial charge in [-0.2, -0.15) is 0 Å². The number of hydrogen-bond donors (Lipinski definition) is 1. The lowest BCUT2D eigenvalue weighted by Gasteiger charge is -2.15. The van der Waals surface area contributed by atoms with Crippen LogP contribution in [0.1, 0.15) is 23.2 Å². The molecule has 1 amide bonds.